The first-order valence-electron chi connectivity index (χ1n) is 5.01. The summed E-state index contributed by atoms with van der Waals surface area (Å²) in [5, 5.41) is 10.1. The van der Waals surface area contributed by atoms with Crippen molar-refractivity contribution in [2.75, 3.05) is 6.54 Å². The van der Waals surface area contributed by atoms with Crippen LogP contribution in [-0.4, -0.2) is 11.7 Å². The van der Waals surface area contributed by atoms with Crippen LogP contribution in [0.1, 0.15) is 37.8 Å². The molecule has 1 atom stereocenters. The predicted octanol–water partition coefficient (Wildman–Crippen LogP) is 1.98. The van der Waals surface area contributed by atoms with E-state index in [-0.39, 0.29) is 6.54 Å². The number of hydrogen-bond acceptors (Lipinski definition) is 2. The quantitative estimate of drug-likeness (QED) is 0.771. The summed E-state index contributed by atoms with van der Waals surface area (Å²) in [6.45, 7) is 6.24. The second-order valence-corrected chi connectivity index (χ2v) is 4.22. The van der Waals surface area contributed by atoms with Crippen LogP contribution in [0.2, 0.25) is 0 Å². The average Bonchev–Trinajstić information content (AvgIpc) is 2.18. The molecule has 0 bridgehead atoms. The van der Waals surface area contributed by atoms with E-state index in [9.17, 15) is 5.11 Å². The maximum Gasteiger partial charge on any atom is 0.0992 e. The van der Waals surface area contributed by atoms with Gasteiger partial charge in [-0.25, -0.2) is 0 Å². The third-order valence-corrected chi connectivity index (χ3v) is 2.56. The van der Waals surface area contributed by atoms with Gasteiger partial charge >= 0.3 is 0 Å². The number of rotatable bonds is 3. The largest absolute Gasteiger partial charge is 0.384 e. The number of benzene rings is 1. The van der Waals surface area contributed by atoms with Crippen molar-refractivity contribution in [3.8, 4) is 0 Å². The molecule has 0 heterocycles. The van der Waals surface area contributed by atoms with Crippen LogP contribution in [0.4, 0.5) is 0 Å². The van der Waals surface area contributed by atoms with Gasteiger partial charge in [0, 0.05) is 6.54 Å². The van der Waals surface area contributed by atoms with Crippen molar-refractivity contribution in [2.24, 2.45) is 5.73 Å². The third kappa shape index (κ3) is 2.14. The van der Waals surface area contributed by atoms with Crippen LogP contribution in [-0.2, 0) is 5.60 Å². The summed E-state index contributed by atoms with van der Waals surface area (Å²) >= 11 is 0. The second kappa shape index (κ2) is 4.11. The summed E-state index contributed by atoms with van der Waals surface area (Å²) in [6.07, 6.45) is 0. The standard InChI is InChI=1S/C12H19NO/c1-9(2)10-6-4-5-7-11(10)12(3,14)8-13/h4-7,9,14H,8,13H2,1-3H3. The molecule has 0 aliphatic carbocycles. The van der Waals surface area contributed by atoms with Crippen molar-refractivity contribution < 1.29 is 5.11 Å². The van der Waals surface area contributed by atoms with Crippen molar-refractivity contribution in [1.29, 1.82) is 0 Å². The zero-order valence-electron chi connectivity index (χ0n) is 9.12. The highest BCUT2D eigenvalue weighted by Gasteiger charge is 2.24. The van der Waals surface area contributed by atoms with E-state index in [2.05, 4.69) is 13.8 Å². The first kappa shape index (κ1) is 11.2. The molecule has 0 fully saturated rings. The molecule has 1 unspecified atom stereocenters. The molecule has 0 saturated carbocycles. The molecule has 2 heteroatoms. The van der Waals surface area contributed by atoms with Crippen LogP contribution in [0, 0.1) is 0 Å². The highest BCUT2D eigenvalue weighted by atomic mass is 16.3. The molecule has 0 aliphatic rings. The van der Waals surface area contributed by atoms with Gasteiger partial charge < -0.3 is 10.8 Å². The van der Waals surface area contributed by atoms with Crippen LogP contribution < -0.4 is 5.73 Å². The first-order chi connectivity index (χ1) is 6.49. The van der Waals surface area contributed by atoms with Crippen LogP contribution in [0.15, 0.2) is 24.3 Å². The fourth-order valence-electron chi connectivity index (χ4n) is 1.60. The van der Waals surface area contributed by atoms with Gasteiger partial charge in [-0.1, -0.05) is 38.1 Å². The first-order valence-corrected chi connectivity index (χ1v) is 5.01. The van der Waals surface area contributed by atoms with Gasteiger partial charge in [0.2, 0.25) is 0 Å². The predicted molar refractivity (Wildman–Crippen MR) is 59.2 cm³/mol. The Hall–Kier alpha value is -0.860. The fraction of sp³-hybridized carbons (Fsp3) is 0.500. The van der Waals surface area contributed by atoms with Crippen LogP contribution in [0.5, 0.6) is 0 Å². The Labute approximate surface area is 85.8 Å². The third-order valence-electron chi connectivity index (χ3n) is 2.56. The lowest BCUT2D eigenvalue weighted by Gasteiger charge is -2.26. The highest BCUT2D eigenvalue weighted by molar-refractivity contribution is 5.34. The topological polar surface area (TPSA) is 46.2 Å². The lowest BCUT2D eigenvalue weighted by molar-refractivity contribution is 0.0656. The molecule has 78 valence electrons. The molecule has 0 aliphatic heterocycles. The Morgan fingerprint density at radius 2 is 1.93 bits per heavy atom. The monoisotopic (exact) mass is 193 g/mol. The van der Waals surface area contributed by atoms with Gasteiger partial charge in [-0.05, 0) is 24.0 Å². The number of nitrogens with two attached hydrogens (primary N) is 1. The van der Waals surface area contributed by atoms with Crippen LogP contribution in [0.3, 0.4) is 0 Å². The zero-order chi connectivity index (χ0) is 10.8. The molecule has 0 spiro atoms. The molecule has 0 radical (unpaired) electrons. The van der Waals surface area contributed by atoms with E-state index < -0.39 is 5.60 Å². The summed E-state index contributed by atoms with van der Waals surface area (Å²) in [5.41, 5.74) is 6.75. The van der Waals surface area contributed by atoms with Crippen LogP contribution >= 0.6 is 0 Å². The van der Waals surface area contributed by atoms with E-state index in [1.54, 1.807) is 6.92 Å². The Balaban J connectivity index is 3.20. The molecule has 0 amide bonds. The maximum atomic E-state index is 10.1. The number of hydrogen-bond donors (Lipinski definition) is 2. The van der Waals surface area contributed by atoms with Gasteiger partial charge in [-0.3, -0.25) is 0 Å². The number of aliphatic hydroxyl groups is 1. The second-order valence-electron chi connectivity index (χ2n) is 4.22. The Morgan fingerprint density at radius 1 is 1.36 bits per heavy atom. The minimum Gasteiger partial charge on any atom is -0.384 e. The van der Waals surface area contributed by atoms with Gasteiger partial charge in [0.05, 0.1) is 5.60 Å². The van der Waals surface area contributed by atoms with Gasteiger partial charge in [0.25, 0.3) is 0 Å². The van der Waals surface area contributed by atoms with Gasteiger partial charge in [-0.2, -0.15) is 0 Å². The van der Waals surface area contributed by atoms with E-state index in [0.29, 0.717) is 5.92 Å². The SMILES string of the molecule is CC(C)c1ccccc1C(C)(O)CN. The molecular weight excluding hydrogens is 174 g/mol. The van der Waals surface area contributed by atoms with Crippen molar-refractivity contribution in [3.05, 3.63) is 35.4 Å². The van der Waals surface area contributed by atoms with Gasteiger partial charge in [-0.15, -0.1) is 0 Å². The normalized spacial score (nSPS) is 15.6. The molecule has 1 aromatic carbocycles. The molecule has 0 saturated heterocycles. The summed E-state index contributed by atoms with van der Waals surface area (Å²) in [4.78, 5) is 0. The zero-order valence-corrected chi connectivity index (χ0v) is 9.12. The Kier molecular flexibility index (Phi) is 3.29. The van der Waals surface area contributed by atoms with Crippen molar-refractivity contribution in [1.82, 2.24) is 0 Å². The summed E-state index contributed by atoms with van der Waals surface area (Å²) in [7, 11) is 0. The molecule has 14 heavy (non-hydrogen) atoms. The van der Waals surface area contributed by atoms with E-state index in [1.165, 1.54) is 5.56 Å². The fourth-order valence-corrected chi connectivity index (χ4v) is 1.60. The maximum absolute atomic E-state index is 10.1. The molecular formula is C12H19NO. The van der Waals surface area contributed by atoms with E-state index in [4.69, 9.17) is 5.73 Å². The minimum absolute atomic E-state index is 0.247. The summed E-state index contributed by atoms with van der Waals surface area (Å²) in [6, 6.07) is 7.92. The summed E-state index contributed by atoms with van der Waals surface area (Å²) < 4.78 is 0. The molecule has 1 aromatic rings. The Morgan fingerprint density at radius 3 is 2.43 bits per heavy atom. The lowest BCUT2D eigenvalue weighted by atomic mass is 9.87. The molecule has 3 N–H and O–H groups in total. The Bertz CT molecular complexity index is 305. The van der Waals surface area contributed by atoms with Gasteiger partial charge in [0.1, 0.15) is 0 Å². The van der Waals surface area contributed by atoms with Crippen molar-refractivity contribution >= 4 is 0 Å². The van der Waals surface area contributed by atoms with Crippen molar-refractivity contribution in [2.45, 2.75) is 32.3 Å². The average molecular weight is 193 g/mol. The smallest absolute Gasteiger partial charge is 0.0992 e. The van der Waals surface area contributed by atoms with Crippen LogP contribution in [0.25, 0.3) is 0 Å². The van der Waals surface area contributed by atoms with E-state index in [0.717, 1.165) is 5.56 Å². The van der Waals surface area contributed by atoms with Gasteiger partial charge in [0.15, 0.2) is 0 Å². The molecule has 2 nitrogen and oxygen atoms in total. The summed E-state index contributed by atoms with van der Waals surface area (Å²) in [5.74, 6) is 0.407. The molecule has 1 rings (SSSR count). The molecule has 0 aromatic heterocycles. The lowest BCUT2D eigenvalue weighted by Crippen LogP contribution is -2.32. The highest BCUT2D eigenvalue weighted by Crippen LogP contribution is 2.28. The van der Waals surface area contributed by atoms with Crippen molar-refractivity contribution in [3.63, 3.8) is 0 Å². The van der Waals surface area contributed by atoms with E-state index in [1.807, 2.05) is 24.3 Å². The van der Waals surface area contributed by atoms with E-state index >= 15 is 0 Å². The minimum atomic E-state index is -0.916.